The van der Waals surface area contributed by atoms with Crippen LogP contribution in [0.1, 0.15) is 85.5 Å². The molecular formula is C16H30O2. The van der Waals surface area contributed by atoms with E-state index in [9.17, 15) is 9.59 Å². The molecule has 0 bridgehead atoms. The lowest BCUT2D eigenvalue weighted by atomic mass is 9.76. The topological polar surface area (TPSA) is 34.1 Å². The van der Waals surface area contributed by atoms with Crippen molar-refractivity contribution in [1.29, 1.82) is 0 Å². The molecule has 106 valence electrons. The SMILES string of the molecule is CCCCCCCCCC(C)(C(C)=O)C(=O)CC. The zero-order valence-electron chi connectivity index (χ0n) is 12.7. The molecular weight excluding hydrogens is 224 g/mol. The standard InChI is InChI=1S/C16H30O2/c1-5-7-8-9-10-11-12-13-16(4,14(3)17)15(18)6-2/h5-13H2,1-4H3. The van der Waals surface area contributed by atoms with Gasteiger partial charge < -0.3 is 0 Å². The number of rotatable bonds is 11. The van der Waals surface area contributed by atoms with Crippen LogP contribution >= 0.6 is 0 Å². The molecule has 0 aliphatic carbocycles. The Labute approximate surface area is 113 Å². The molecule has 0 aromatic rings. The Bertz CT molecular complexity index is 258. The van der Waals surface area contributed by atoms with Gasteiger partial charge in [0.15, 0.2) is 0 Å². The van der Waals surface area contributed by atoms with E-state index >= 15 is 0 Å². The van der Waals surface area contributed by atoms with Gasteiger partial charge in [-0.2, -0.15) is 0 Å². The summed E-state index contributed by atoms with van der Waals surface area (Å²) in [4.78, 5) is 23.5. The maximum absolute atomic E-state index is 11.9. The van der Waals surface area contributed by atoms with Gasteiger partial charge in [-0.15, -0.1) is 0 Å². The molecule has 0 heterocycles. The van der Waals surface area contributed by atoms with Crippen LogP contribution in [0.4, 0.5) is 0 Å². The van der Waals surface area contributed by atoms with Gasteiger partial charge >= 0.3 is 0 Å². The van der Waals surface area contributed by atoms with Gasteiger partial charge in [0.2, 0.25) is 0 Å². The van der Waals surface area contributed by atoms with Crippen LogP contribution < -0.4 is 0 Å². The van der Waals surface area contributed by atoms with Crippen LogP contribution in [0.15, 0.2) is 0 Å². The number of Topliss-reactive ketones (excluding diaryl/α,β-unsaturated/α-hetero) is 2. The number of hydrogen-bond donors (Lipinski definition) is 0. The summed E-state index contributed by atoms with van der Waals surface area (Å²) in [6.07, 6.45) is 9.74. The van der Waals surface area contributed by atoms with Crippen LogP contribution in [0, 0.1) is 5.41 Å². The van der Waals surface area contributed by atoms with E-state index in [2.05, 4.69) is 6.92 Å². The van der Waals surface area contributed by atoms with Crippen molar-refractivity contribution in [3.63, 3.8) is 0 Å². The van der Waals surface area contributed by atoms with E-state index in [0.29, 0.717) is 6.42 Å². The van der Waals surface area contributed by atoms with E-state index in [1.54, 1.807) is 6.92 Å². The van der Waals surface area contributed by atoms with E-state index in [0.717, 1.165) is 19.3 Å². The van der Waals surface area contributed by atoms with Crippen molar-refractivity contribution in [2.45, 2.75) is 85.5 Å². The van der Waals surface area contributed by atoms with Crippen molar-refractivity contribution in [3.8, 4) is 0 Å². The Morgan fingerprint density at radius 3 is 1.83 bits per heavy atom. The van der Waals surface area contributed by atoms with Gasteiger partial charge in [-0.05, 0) is 20.3 Å². The lowest BCUT2D eigenvalue weighted by Crippen LogP contribution is -2.34. The molecule has 0 fully saturated rings. The molecule has 0 saturated carbocycles. The van der Waals surface area contributed by atoms with Crippen LogP contribution in [0.2, 0.25) is 0 Å². The smallest absolute Gasteiger partial charge is 0.145 e. The average molecular weight is 254 g/mol. The summed E-state index contributed by atoms with van der Waals surface area (Å²) in [6.45, 7) is 7.43. The predicted molar refractivity (Wildman–Crippen MR) is 76.7 cm³/mol. The fourth-order valence-corrected chi connectivity index (χ4v) is 2.34. The van der Waals surface area contributed by atoms with E-state index in [1.165, 1.54) is 32.1 Å². The molecule has 2 heteroatoms. The lowest BCUT2D eigenvalue weighted by molar-refractivity contribution is -0.138. The first-order valence-corrected chi connectivity index (χ1v) is 7.53. The Balaban J connectivity index is 3.92. The van der Waals surface area contributed by atoms with Gasteiger partial charge in [-0.1, -0.05) is 58.8 Å². The predicted octanol–water partition coefficient (Wildman–Crippen LogP) is 4.70. The van der Waals surface area contributed by atoms with Gasteiger partial charge in [-0.3, -0.25) is 9.59 Å². The molecule has 2 nitrogen and oxygen atoms in total. The minimum Gasteiger partial charge on any atom is -0.299 e. The van der Waals surface area contributed by atoms with E-state index in [-0.39, 0.29) is 11.6 Å². The molecule has 0 aromatic carbocycles. The third-order valence-electron chi connectivity index (χ3n) is 3.99. The van der Waals surface area contributed by atoms with Gasteiger partial charge in [0.25, 0.3) is 0 Å². The molecule has 0 aliphatic rings. The summed E-state index contributed by atoms with van der Waals surface area (Å²) >= 11 is 0. The van der Waals surface area contributed by atoms with Gasteiger partial charge in [0.05, 0.1) is 5.41 Å². The Kier molecular flexibility index (Phi) is 8.95. The second kappa shape index (κ2) is 9.29. The molecule has 0 spiro atoms. The summed E-state index contributed by atoms with van der Waals surface area (Å²) in [6, 6.07) is 0. The first kappa shape index (κ1) is 17.3. The highest BCUT2D eigenvalue weighted by atomic mass is 16.2. The van der Waals surface area contributed by atoms with Gasteiger partial charge in [-0.25, -0.2) is 0 Å². The van der Waals surface area contributed by atoms with Crippen LogP contribution in [0.5, 0.6) is 0 Å². The molecule has 0 radical (unpaired) electrons. The Morgan fingerprint density at radius 2 is 1.39 bits per heavy atom. The van der Waals surface area contributed by atoms with E-state index in [4.69, 9.17) is 0 Å². The van der Waals surface area contributed by atoms with Crippen molar-refractivity contribution in [3.05, 3.63) is 0 Å². The quantitative estimate of drug-likeness (QED) is 0.395. The van der Waals surface area contributed by atoms with Crippen LogP contribution in [-0.4, -0.2) is 11.6 Å². The molecule has 0 N–H and O–H groups in total. The summed E-state index contributed by atoms with van der Waals surface area (Å²) in [5, 5.41) is 0. The van der Waals surface area contributed by atoms with E-state index < -0.39 is 5.41 Å². The maximum Gasteiger partial charge on any atom is 0.145 e. The second-order valence-corrected chi connectivity index (χ2v) is 5.54. The van der Waals surface area contributed by atoms with Crippen molar-refractivity contribution < 1.29 is 9.59 Å². The highest BCUT2D eigenvalue weighted by Gasteiger charge is 2.35. The number of unbranched alkanes of at least 4 members (excludes halogenated alkanes) is 6. The minimum atomic E-state index is -0.724. The maximum atomic E-state index is 11.9. The van der Waals surface area contributed by atoms with Crippen molar-refractivity contribution in [2.24, 2.45) is 5.41 Å². The van der Waals surface area contributed by atoms with Gasteiger partial charge in [0.1, 0.15) is 11.6 Å². The monoisotopic (exact) mass is 254 g/mol. The number of carbonyl (C=O) groups is 2. The first-order chi connectivity index (χ1) is 8.49. The lowest BCUT2D eigenvalue weighted by Gasteiger charge is -2.24. The van der Waals surface area contributed by atoms with Crippen LogP contribution in [0.3, 0.4) is 0 Å². The zero-order chi connectivity index (χ0) is 14.0. The summed E-state index contributed by atoms with van der Waals surface area (Å²) < 4.78 is 0. The second-order valence-electron chi connectivity index (χ2n) is 5.54. The first-order valence-electron chi connectivity index (χ1n) is 7.53. The summed E-state index contributed by atoms with van der Waals surface area (Å²) in [5.74, 6) is 0.126. The number of ketones is 2. The van der Waals surface area contributed by atoms with E-state index in [1.807, 2.05) is 13.8 Å². The largest absolute Gasteiger partial charge is 0.299 e. The fourth-order valence-electron chi connectivity index (χ4n) is 2.34. The summed E-state index contributed by atoms with van der Waals surface area (Å²) in [5.41, 5.74) is -0.724. The fraction of sp³-hybridized carbons (Fsp3) is 0.875. The van der Waals surface area contributed by atoms with Crippen LogP contribution in [-0.2, 0) is 9.59 Å². The number of hydrogen-bond acceptors (Lipinski definition) is 2. The molecule has 1 atom stereocenters. The van der Waals surface area contributed by atoms with Crippen molar-refractivity contribution >= 4 is 11.6 Å². The molecule has 0 rings (SSSR count). The third kappa shape index (κ3) is 5.79. The highest BCUT2D eigenvalue weighted by molar-refractivity contribution is 6.05. The minimum absolute atomic E-state index is 0.0281. The molecule has 0 saturated heterocycles. The summed E-state index contributed by atoms with van der Waals surface area (Å²) in [7, 11) is 0. The molecule has 0 aliphatic heterocycles. The molecule has 1 unspecified atom stereocenters. The molecule has 18 heavy (non-hydrogen) atoms. The highest BCUT2D eigenvalue weighted by Crippen LogP contribution is 2.28. The Hall–Kier alpha value is -0.660. The number of carbonyl (C=O) groups excluding carboxylic acids is 2. The van der Waals surface area contributed by atoms with Crippen molar-refractivity contribution in [2.75, 3.05) is 0 Å². The average Bonchev–Trinajstić information content (AvgIpc) is 2.36. The molecule has 0 aromatic heterocycles. The van der Waals surface area contributed by atoms with Gasteiger partial charge in [0, 0.05) is 6.42 Å². The van der Waals surface area contributed by atoms with Crippen molar-refractivity contribution in [1.82, 2.24) is 0 Å². The zero-order valence-corrected chi connectivity index (χ0v) is 12.7. The third-order valence-corrected chi connectivity index (χ3v) is 3.99. The Morgan fingerprint density at radius 1 is 0.889 bits per heavy atom. The normalized spacial score (nSPS) is 14.2. The molecule has 0 amide bonds. The van der Waals surface area contributed by atoms with Crippen LogP contribution in [0.25, 0.3) is 0 Å².